The lowest BCUT2D eigenvalue weighted by atomic mass is 10.1. The predicted octanol–water partition coefficient (Wildman–Crippen LogP) is 3.52. The molecule has 33 heavy (non-hydrogen) atoms. The molecule has 0 N–H and O–H groups in total. The van der Waals surface area contributed by atoms with Gasteiger partial charge in [0.2, 0.25) is 5.90 Å². The minimum Gasteiger partial charge on any atom is -0.475 e. The Morgan fingerprint density at radius 2 is 1.85 bits per heavy atom. The Morgan fingerprint density at radius 1 is 1.06 bits per heavy atom. The molecular weight excluding hydrogens is 418 g/mol. The van der Waals surface area contributed by atoms with Gasteiger partial charge in [-0.15, -0.1) is 5.10 Å². The van der Waals surface area contributed by atoms with Crippen LogP contribution in [0.1, 0.15) is 37.0 Å². The Labute approximate surface area is 191 Å². The summed E-state index contributed by atoms with van der Waals surface area (Å²) in [6.45, 7) is 6.11. The van der Waals surface area contributed by atoms with Crippen molar-refractivity contribution in [1.82, 2.24) is 24.4 Å². The number of aromatic nitrogens is 5. The fraction of sp³-hybridized carbons (Fsp3) is 0.292. The summed E-state index contributed by atoms with van der Waals surface area (Å²) in [5, 5.41) is 17.7. The lowest BCUT2D eigenvalue weighted by Gasteiger charge is -2.13. The Morgan fingerprint density at radius 3 is 2.58 bits per heavy atom. The summed E-state index contributed by atoms with van der Waals surface area (Å²) in [6.07, 6.45) is 2.64. The highest BCUT2D eigenvalue weighted by Gasteiger charge is 2.14. The van der Waals surface area contributed by atoms with Crippen molar-refractivity contribution >= 4 is 22.5 Å². The molecule has 0 saturated carbocycles. The van der Waals surface area contributed by atoms with Crippen LogP contribution >= 0.6 is 0 Å². The molecule has 9 heteroatoms. The molecule has 4 rings (SSSR count). The van der Waals surface area contributed by atoms with Crippen molar-refractivity contribution in [3.8, 4) is 5.69 Å². The van der Waals surface area contributed by atoms with E-state index in [1.807, 2.05) is 58.2 Å². The van der Waals surface area contributed by atoms with Gasteiger partial charge in [0.25, 0.3) is 0 Å². The number of aryl methyl sites for hydroxylation is 3. The van der Waals surface area contributed by atoms with Crippen molar-refractivity contribution < 1.29 is 4.74 Å². The van der Waals surface area contributed by atoms with Crippen LogP contribution in [0.15, 0.2) is 63.7 Å². The molecule has 0 radical (unpaired) electrons. The summed E-state index contributed by atoms with van der Waals surface area (Å²) in [5.41, 5.74) is 5.14. The van der Waals surface area contributed by atoms with E-state index in [0.717, 1.165) is 33.3 Å². The first-order valence-corrected chi connectivity index (χ1v) is 10.8. The fourth-order valence-electron chi connectivity index (χ4n) is 3.71. The standard InChI is InChI=1S/C24H27N7O2/c1-6-23(26-25-17(3)19-14-29(4)21-12-8-7-11-18(19)21)33-15-20-16(2)10-9-13-22(20)31-24(32)30(5)27-28-31/h7-14H,6,15H2,1-5H3. The maximum absolute atomic E-state index is 12.4. The summed E-state index contributed by atoms with van der Waals surface area (Å²) in [6, 6.07) is 13.9. The molecule has 0 spiro atoms. The molecule has 0 atom stereocenters. The summed E-state index contributed by atoms with van der Waals surface area (Å²) >= 11 is 0. The van der Waals surface area contributed by atoms with Gasteiger partial charge in [0, 0.05) is 48.7 Å². The zero-order chi connectivity index (χ0) is 23.5. The monoisotopic (exact) mass is 445 g/mol. The molecule has 0 aliphatic carbocycles. The quantitative estimate of drug-likeness (QED) is 0.258. The third kappa shape index (κ3) is 4.34. The zero-order valence-corrected chi connectivity index (χ0v) is 19.5. The summed E-state index contributed by atoms with van der Waals surface area (Å²) < 4.78 is 10.6. The van der Waals surface area contributed by atoms with Gasteiger partial charge in [0.1, 0.15) is 6.61 Å². The van der Waals surface area contributed by atoms with Crippen molar-refractivity contribution in [3.63, 3.8) is 0 Å². The van der Waals surface area contributed by atoms with Gasteiger partial charge in [-0.1, -0.05) is 37.3 Å². The van der Waals surface area contributed by atoms with Crippen LogP contribution in [-0.4, -0.2) is 36.0 Å². The first kappa shape index (κ1) is 22.2. The number of fused-ring (bicyclic) bond motifs is 1. The molecule has 0 bridgehead atoms. The molecule has 0 aliphatic rings. The van der Waals surface area contributed by atoms with Gasteiger partial charge >= 0.3 is 5.69 Å². The Kier molecular flexibility index (Phi) is 6.21. The van der Waals surface area contributed by atoms with E-state index in [9.17, 15) is 4.79 Å². The number of hydrogen-bond donors (Lipinski definition) is 0. The maximum Gasteiger partial charge on any atom is 0.368 e. The Balaban J connectivity index is 1.59. The van der Waals surface area contributed by atoms with Crippen molar-refractivity contribution in [1.29, 1.82) is 0 Å². The lowest BCUT2D eigenvalue weighted by molar-refractivity contribution is 0.282. The van der Waals surface area contributed by atoms with Crippen LogP contribution in [0, 0.1) is 6.92 Å². The van der Waals surface area contributed by atoms with Crippen LogP contribution in [0.5, 0.6) is 0 Å². The maximum atomic E-state index is 12.4. The van der Waals surface area contributed by atoms with Crippen LogP contribution < -0.4 is 5.69 Å². The Hall–Kier alpha value is -4.01. The summed E-state index contributed by atoms with van der Waals surface area (Å²) in [4.78, 5) is 12.4. The minimum absolute atomic E-state index is 0.237. The van der Waals surface area contributed by atoms with E-state index in [0.29, 0.717) is 18.0 Å². The van der Waals surface area contributed by atoms with Crippen molar-refractivity contribution in [2.24, 2.45) is 24.3 Å². The zero-order valence-electron chi connectivity index (χ0n) is 19.5. The molecule has 2 aromatic carbocycles. The second-order valence-corrected chi connectivity index (χ2v) is 7.86. The topological polar surface area (TPSA) is 91.6 Å². The van der Waals surface area contributed by atoms with Gasteiger partial charge in [0.05, 0.1) is 11.4 Å². The van der Waals surface area contributed by atoms with E-state index in [-0.39, 0.29) is 12.3 Å². The van der Waals surface area contributed by atoms with Gasteiger partial charge in [0.15, 0.2) is 0 Å². The normalized spacial score (nSPS) is 12.5. The van der Waals surface area contributed by atoms with E-state index in [4.69, 9.17) is 4.74 Å². The van der Waals surface area contributed by atoms with E-state index in [1.165, 1.54) is 9.36 Å². The molecule has 9 nitrogen and oxygen atoms in total. The highest BCUT2D eigenvalue weighted by Crippen LogP contribution is 2.21. The van der Waals surface area contributed by atoms with Crippen molar-refractivity contribution in [2.45, 2.75) is 33.8 Å². The Bertz CT molecular complexity index is 1420. The SMILES string of the molecule is CCC(=NN=C(C)c1cn(C)c2ccccc12)OCc1c(C)cccc1-n1nnn(C)c1=O. The molecule has 0 amide bonds. The molecular formula is C24H27N7O2. The number of rotatable bonds is 6. The van der Waals surface area contributed by atoms with Crippen LogP contribution in [-0.2, 0) is 25.4 Å². The van der Waals surface area contributed by atoms with Crippen molar-refractivity contribution in [3.05, 3.63) is 75.8 Å². The summed E-state index contributed by atoms with van der Waals surface area (Å²) in [5.74, 6) is 0.510. The highest BCUT2D eigenvalue weighted by molar-refractivity contribution is 6.09. The van der Waals surface area contributed by atoms with E-state index >= 15 is 0 Å². The summed E-state index contributed by atoms with van der Waals surface area (Å²) in [7, 11) is 3.58. The second kappa shape index (κ2) is 9.23. The smallest absolute Gasteiger partial charge is 0.368 e. The van der Waals surface area contributed by atoms with Crippen LogP contribution in [0.4, 0.5) is 0 Å². The average molecular weight is 446 g/mol. The third-order valence-corrected chi connectivity index (χ3v) is 5.62. The fourth-order valence-corrected chi connectivity index (χ4v) is 3.71. The average Bonchev–Trinajstić information content (AvgIpc) is 3.33. The molecule has 0 fully saturated rings. The van der Waals surface area contributed by atoms with Crippen LogP contribution in [0.25, 0.3) is 16.6 Å². The molecule has 0 aliphatic heterocycles. The first-order valence-electron chi connectivity index (χ1n) is 10.8. The second-order valence-electron chi connectivity index (χ2n) is 7.86. The first-order chi connectivity index (χ1) is 15.9. The van der Waals surface area contributed by atoms with Crippen molar-refractivity contribution in [2.75, 3.05) is 0 Å². The van der Waals surface area contributed by atoms with Gasteiger partial charge in [-0.3, -0.25) is 0 Å². The number of hydrogen-bond acceptors (Lipinski definition) is 6. The largest absolute Gasteiger partial charge is 0.475 e. The van der Waals surface area contributed by atoms with E-state index in [1.54, 1.807) is 7.05 Å². The van der Waals surface area contributed by atoms with Gasteiger partial charge in [-0.05, 0) is 42.0 Å². The molecule has 4 aromatic rings. The van der Waals surface area contributed by atoms with Crippen LogP contribution in [0.2, 0.25) is 0 Å². The van der Waals surface area contributed by atoms with Gasteiger partial charge in [-0.25, -0.2) is 4.79 Å². The van der Waals surface area contributed by atoms with E-state index < -0.39 is 0 Å². The number of tetrazole rings is 1. The molecule has 170 valence electrons. The lowest BCUT2D eigenvalue weighted by Crippen LogP contribution is -2.23. The van der Waals surface area contributed by atoms with E-state index in [2.05, 4.69) is 43.5 Å². The minimum atomic E-state index is -0.318. The molecule has 2 heterocycles. The van der Waals surface area contributed by atoms with Crippen LogP contribution in [0.3, 0.4) is 0 Å². The highest BCUT2D eigenvalue weighted by atomic mass is 16.5. The molecule has 0 saturated heterocycles. The predicted molar refractivity (Wildman–Crippen MR) is 129 cm³/mol. The number of para-hydroxylation sites is 1. The molecule has 0 unspecified atom stereocenters. The number of nitrogens with zero attached hydrogens (tertiary/aromatic N) is 7. The number of ether oxygens (including phenoxy) is 1. The van der Waals surface area contributed by atoms with Gasteiger partial charge in [-0.2, -0.15) is 14.5 Å². The molecule has 2 aromatic heterocycles. The number of benzene rings is 2. The van der Waals surface area contributed by atoms with Gasteiger partial charge < -0.3 is 9.30 Å². The third-order valence-electron chi connectivity index (χ3n) is 5.62.